The summed E-state index contributed by atoms with van der Waals surface area (Å²) < 4.78 is 5.32. The van der Waals surface area contributed by atoms with E-state index in [1.165, 1.54) is 0 Å². The van der Waals surface area contributed by atoms with Crippen LogP contribution in [0.1, 0.15) is 11.3 Å². The molecule has 0 radical (unpaired) electrons. The van der Waals surface area contributed by atoms with Crippen molar-refractivity contribution in [3.8, 4) is 11.5 Å². The summed E-state index contributed by atoms with van der Waals surface area (Å²) in [6, 6.07) is 5.85. The first-order valence-electron chi connectivity index (χ1n) is 4.51. The fourth-order valence-electron chi connectivity index (χ4n) is 1.29. The molecule has 0 N–H and O–H groups in total. The van der Waals surface area contributed by atoms with E-state index in [2.05, 4.69) is 17.6 Å². The van der Waals surface area contributed by atoms with Crippen LogP contribution in [0.3, 0.4) is 0 Å². The van der Waals surface area contributed by atoms with E-state index in [0.717, 1.165) is 21.7 Å². The highest BCUT2D eigenvalue weighted by atomic mass is 35.5. The fourth-order valence-corrected chi connectivity index (χ4v) is 1.55. The molecule has 2 aromatic rings. The van der Waals surface area contributed by atoms with Crippen molar-refractivity contribution in [3.05, 3.63) is 35.7 Å². The summed E-state index contributed by atoms with van der Waals surface area (Å²) in [6.07, 6.45) is 1.58. The molecule has 2 rings (SSSR count). The van der Waals surface area contributed by atoms with Gasteiger partial charge in [0, 0.05) is 10.5 Å². The zero-order chi connectivity index (χ0) is 10.8. The summed E-state index contributed by atoms with van der Waals surface area (Å²) in [5.41, 5.74) is 2.79. The van der Waals surface area contributed by atoms with E-state index >= 15 is 0 Å². The second-order valence-corrected chi connectivity index (χ2v) is 4.03. The predicted molar refractivity (Wildman–Crippen MR) is 63.5 cm³/mol. The molecular formula is C11H10ClNOS. The Bertz CT molecular complexity index is 481. The third-order valence-electron chi connectivity index (χ3n) is 2.13. The number of oxazole rings is 1. The van der Waals surface area contributed by atoms with Gasteiger partial charge < -0.3 is 4.42 Å². The minimum Gasteiger partial charge on any atom is -0.444 e. The third kappa shape index (κ3) is 2.19. The van der Waals surface area contributed by atoms with Crippen LogP contribution in [0.25, 0.3) is 11.5 Å². The van der Waals surface area contributed by atoms with Crippen molar-refractivity contribution >= 4 is 24.2 Å². The fraction of sp³-hybridized carbons (Fsp3) is 0.182. The summed E-state index contributed by atoms with van der Waals surface area (Å²) in [7, 11) is 0. The Labute approximate surface area is 98.7 Å². The van der Waals surface area contributed by atoms with Crippen LogP contribution in [-0.2, 0) is 5.88 Å². The number of benzene rings is 1. The van der Waals surface area contributed by atoms with E-state index in [4.69, 9.17) is 16.0 Å². The topological polar surface area (TPSA) is 26.0 Å². The Hall–Kier alpha value is -0.930. The summed E-state index contributed by atoms with van der Waals surface area (Å²) in [5.74, 6) is 0.967. The largest absolute Gasteiger partial charge is 0.444 e. The maximum Gasteiger partial charge on any atom is 0.226 e. The van der Waals surface area contributed by atoms with Gasteiger partial charge in [-0.25, -0.2) is 4.98 Å². The summed E-state index contributed by atoms with van der Waals surface area (Å²) in [6.45, 7) is 2.00. The molecule has 15 heavy (non-hydrogen) atoms. The smallest absolute Gasteiger partial charge is 0.226 e. The van der Waals surface area contributed by atoms with Crippen LogP contribution >= 0.6 is 24.2 Å². The molecule has 1 aromatic heterocycles. The molecule has 0 saturated carbocycles. The second kappa shape index (κ2) is 4.29. The van der Waals surface area contributed by atoms with Crippen LogP contribution in [-0.4, -0.2) is 4.98 Å². The zero-order valence-electron chi connectivity index (χ0n) is 8.20. The van der Waals surface area contributed by atoms with Gasteiger partial charge in [-0.15, -0.1) is 24.2 Å². The normalized spacial score (nSPS) is 10.6. The van der Waals surface area contributed by atoms with Gasteiger partial charge in [0.1, 0.15) is 6.26 Å². The van der Waals surface area contributed by atoms with Crippen LogP contribution in [0.15, 0.2) is 33.8 Å². The molecule has 1 aromatic carbocycles. The molecule has 2 nitrogen and oxygen atoms in total. The van der Waals surface area contributed by atoms with Crippen LogP contribution in [0.4, 0.5) is 0 Å². The monoisotopic (exact) mass is 239 g/mol. The van der Waals surface area contributed by atoms with E-state index in [1.807, 2.05) is 25.1 Å². The number of rotatable bonds is 2. The van der Waals surface area contributed by atoms with Gasteiger partial charge >= 0.3 is 0 Å². The molecule has 0 unspecified atom stereocenters. The summed E-state index contributed by atoms with van der Waals surface area (Å²) >= 11 is 9.96. The average molecular weight is 240 g/mol. The highest BCUT2D eigenvalue weighted by Gasteiger charge is 2.06. The Kier molecular flexibility index (Phi) is 3.03. The number of hydrogen-bond donors (Lipinski definition) is 1. The number of aromatic nitrogens is 1. The van der Waals surface area contributed by atoms with E-state index in [0.29, 0.717) is 11.8 Å². The van der Waals surface area contributed by atoms with E-state index < -0.39 is 0 Å². The first-order valence-corrected chi connectivity index (χ1v) is 5.49. The van der Waals surface area contributed by atoms with Gasteiger partial charge in [0.25, 0.3) is 0 Å². The number of nitrogens with zero attached hydrogens (tertiary/aromatic N) is 1. The van der Waals surface area contributed by atoms with Crippen molar-refractivity contribution in [2.24, 2.45) is 0 Å². The molecule has 0 aliphatic heterocycles. The predicted octanol–water partition coefficient (Wildman–Crippen LogP) is 3.68. The van der Waals surface area contributed by atoms with Crippen LogP contribution in [0.2, 0.25) is 0 Å². The number of hydrogen-bond acceptors (Lipinski definition) is 3. The molecule has 0 bridgehead atoms. The molecule has 0 saturated heterocycles. The summed E-state index contributed by atoms with van der Waals surface area (Å²) in [4.78, 5) is 5.21. The molecule has 0 spiro atoms. The van der Waals surface area contributed by atoms with Gasteiger partial charge in [-0.05, 0) is 30.7 Å². The van der Waals surface area contributed by atoms with Gasteiger partial charge in [0.05, 0.1) is 11.6 Å². The van der Waals surface area contributed by atoms with Gasteiger partial charge in [-0.2, -0.15) is 0 Å². The van der Waals surface area contributed by atoms with Gasteiger partial charge in [-0.1, -0.05) is 0 Å². The molecule has 0 atom stereocenters. The highest BCUT2D eigenvalue weighted by molar-refractivity contribution is 7.80. The molecule has 0 aliphatic carbocycles. The standard InChI is InChI=1S/C11H10ClNOS/c1-7-4-8(2-3-10(7)15)11-13-9(5-12)6-14-11/h2-4,6,15H,5H2,1H3. The van der Waals surface area contributed by atoms with E-state index in [9.17, 15) is 0 Å². The molecule has 0 aliphatic rings. The number of thiol groups is 1. The quantitative estimate of drug-likeness (QED) is 0.639. The first-order chi connectivity index (χ1) is 7.20. The Balaban J connectivity index is 2.40. The Morgan fingerprint density at radius 3 is 2.87 bits per heavy atom. The number of alkyl halides is 1. The van der Waals surface area contributed by atoms with Crippen molar-refractivity contribution in [2.45, 2.75) is 17.7 Å². The van der Waals surface area contributed by atoms with Crippen molar-refractivity contribution in [1.82, 2.24) is 4.98 Å². The second-order valence-electron chi connectivity index (χ2n) is 3.28. The van der Waals surface area contributed by atoms with Crippen LogP contribution < -0.4 is 0 Å². The lowest BCUT2D eigenvalue weighted by Gasteiger charge is -2.00. The third-order valence-corrected chi connectivity index (χ3v) is 2.91. The minimum absolute atomic E-state index is 0.368. The molecule has 78 valence electrons. The molecule has 0 amide bonds. The molecular weight excluding hydrogens is 230 g/mol. The lowest BCUT2D eigenvalue weighted by atomic mass is 10.1. The van der Waals surface area contributed by atoms with Gasteiger partial charge in [0.15, 0.2) is 0 Å². The number of aryl methyl sites for hydroxylation is 1. The Morgan fingerprint density at radius 2 is 2.27 bits per heavy atom. The van der Waals surface area contributed by atoms with E-state index in [-0.39, 0.29) is 0 Å². The molecule has 4 heteroatoms. The highest BCUT2D eigenvalue weighted by Crippen LogP contribution is 2.23. The van der Waals surface area contributed by atoms with Gasteiger partial charge in [0.2, 0.25) is 5.89 Å². The van der Waals surface area contributed by atoms with Crippen molar-refractivity contribution in [3.63, 3.8) is 0 Å². The lowest BCUT2D eigenvalue weighted by molar-refractivity contribution is 0.573. The van der Waals surface area contributed by atoms with Gasteiger partial charge in [-0.3, -0.25) is 0 Å². The maximum absolute atomic E-state index is 5.65. The maximum atomic E-state index is 5.65. The van der Waals surface area contributed by atoms with Crippen molar-refractivity contribution < 1.29 is 4.42 Å². The van der Waals surface area contributed by atoms with Crippen LogP contribution in [0.5, 0.6) is 0 Å². The summed E-state index contributed by atoms with van der Waals surface area (Å²) in [5, 5.41) is 0. The lowest BCUT2D eigenvalue weighted by Crippen LogP contribution is -1.82. The molecule has 0 fully saturated rings. The average Bonchev–Trinajstić information content (AvgIpc) is 2.70. The van der Waals surface area contributed by atoms with Crippen molar-refractivity contribution in [2.75, 3.05) is 0 Å². The number of halogens is 1. The SMILES string of the molecule is Cc1cc(-c2nc(CCl)co2)ccc1S. The Morgan fingerprint density at radius 1 is 1.47 bits per heavy atom. The van der Waals surface area contributed by atoms with Crippen LogP contribution in [0, 0.1) is 6.92 Å². The molecule has 1 heterocycles. The minimum atomic E-state index is 0.368. The first kappa shape index (κ1) is 10.6. The van der Waals surface area contributed by atoms with E-state index in [1.54, 1.807) is 6.26 Å². The van der Waals surface area contributed by atoms with Crippen molar-refractivity contribution in [1.29, 1.82) is 0 Å². The zero-order valence-corrected chi connectivity index (χ0v) is 9.85.